The highest BCUT2D eigenvalue weighted by molar-refractivity contribution is 5.91. The number of carbonyl (C=O) groups excluding carboxylic acids is 1. The fourth-order valence-corrected chi connectivity index (χ4v) is 1.93. The molecule has 0 spiro atoms. The number of carbonyl (C=O) groups is 1. The number of esters is 1. The van der Waals surface area contributed by atoms with Crippen LogP contribution in [-0.2, 0) is 0 Å². The van der Waals surface area contributed by atoms with Crippen LogP contribution in [-0.4, -0.2) is 12.1 Å². The van der Waals surface area contributed by atoms with Crippen molar-refractivity contribution in [3.05, 3.63) is 58.4 Å². The second-order valence-electron chi connectivity index (χ2n) is 5.28. The summed E-state index contributed by atoms with van der Waals surface area (Å²) < 4.78 is 76.0. The zero-order chi connectivity index (χ0) is 19.6. The van der Waals surface area contributed by atoms with Gasteiger partial charge in [0.15, 0.2) is 0 Å². The number of rotatable bonds is 4. The smallest absolute Gasteiger partial charge is 0.343 e. The number of hydrogen-bond acceptors (Lipinski definition) is 4. The molecule has 0 saturated carbocycles. The van der Waals surface area contributed by atoms with Crippen molar-refractivity contribution in [3.63, 3.8) is 0 Å². The Kier molecular flexibility index (Phi) is 5.45. The fraction of sp³-hybridized carbons (Fsp3) is 0.176. The topological polar surface area (TPSA) is 59.3 Å². The SMILES string of the molecule is CC(C)Oc1ccc(C(=O)Oc2c(F)c(F)c(F)c(F)c2F)cc1C#N. The van der Waals surface area contributed by atoms with Gasteiger partial charge in [-0.25, -0.2) is 18.0 Å². The number of halogens is 5. The maximum atomic E-state index is 13.6. The van der Waals surface area contributed by atoms with Crippen LogP contribution in [0.2, 0.25) is 0 Å². The van der Waals surface area contributed by atoms with E-state index in [1.54, 1.807) is 19.9 Å². The van der Waals surface area contributed by atoms with Crippen LogP contribution in [0.4, 0.5) is 22.0 Å². The molecule has 2 aromatic rings. The predicted octanol–water partition coefficient (Wildman–Crippen LogP) is 4.26. The number of hydrogen-bond donors (Lipinski definition) is 0. The van der Waals surface area contributed by atoms with Gasteiger partial charge in [-0.1, -0.05) is 0 Å². The summed E-state index contributed by atoms with van der Waals surface area (Å²) in [7, 11) is 0. The van der Waals surface area contributed by atoms with E-state index >= 15 is 0 Å². The van der Waals surface area contributed by atoms with Crippen molar-refractivity contribution < 1.29 is 36.2 Å². The Morgan fingerprint density at radius 1 is 1.00 bits per heavy atom. The molecule has 0 N–H and O–H groups in total. The van der Waals surface area contributed by atoms with Gasteiger partial charge < -0.3 is 9.47 Å². The zero-order valence-electron chi connectivity index (χ0n) is 13.4. The van der Waals surface area contributed by atoms with Gasteiger partial charge in [0.2, 0.25) is 34.8 Å². The molecule has 0 aliphatic rings. The van der Waals surface area contributed by atoms with E-state index in [-0.39, 0.29) is 23.0 Å². The Hall–Kier alpha value is -3.15. The Labute approximate surface area is 144 Å². The average Bonchev–Trinajstić information content (AvgIpc) is 2.61. The van der Waals surface area contributed by atoms with Crippen molar-refractivity contribution >= 4 is 5.97 Å². The summed E-state index contributed by atoms with van der Waals surface area (Å²) >= 11 is 0. The van der Waals surface area contributed by atoms with Crippen molar-refractivity contribution in [2.45, 2.75) is 20.0 Å². The molecule has 2 rings (SSSR count). The predicted molar refractivity (Wildman–Crippen MR) is 78.1 cm³/mol. The zero-order valence-corrected chi connectivity index (χ0v) is 13.4. The van der Waals surface area contributed by atoms with E-state index in [1.165, 1.54) is 6.07 Å². The molecule has 0 bridgehead atoms. The molecule has 0 radical (unpaired) electrons. The van der Waals surface area contributed by atoms with Crippen molar-refractivity contribution in [1.82, 2.24) is 0 Å². The van der Waals surface area contributed by atoms with E-state index in [1.807, 2.05) is 0 Å². The number of ether oxygens (including phenoxy) is 2. The van der Waals surface area contributed by atoms with Crippen LogP contribution in [0.25, 0.3) is 0 Å². The number of benzene rings is 2. The van der Waals surface area contributed by atoms with E-state index in [0.717, 1.165) is 12.1 Å². The van der Waals surface area contributed by atoms with Gasteiger partial charge in [0.1, 0.15) is 11.8 Å². The molecule has 2 aromatic carbocycles. The quantitative estimate of drug-likeness (QED) is 0.265. The molecule has 0 atom stereocenters. The minimum absolute atomic E-state index is 0.0782. The molecule has 0 aromatic heterocycles. The maximum Gasteiger partial charge on any atom is 0.343 e. The molecule has 4 nitrogen and oxygen atoms in total. The molecule has 0 heterocycles. The van der Waals surface area contributed by atoms with Gasteiger partial charge in [-0.15, -0.1) is 0 Å². The maximum absolute atomic E-state index is 13.6. The second-order valence-corrected chi connectivity index (χ2v) is 5.28. The first-order valence-electron chi connectivity index (χ1n) is 7.11. The van der Waals surface area contributed by atoms with Crippen molar-refractivity contribution in [3.8, 4) is 17.6 Å². The molecule has 0 amide bonds. The standard InChI is InChI=1S/C17H10F5NO3/c1-7(2)25-10-4-3-8(5-9(10)6-23)17(24)26-16-14(21)12(19)11(18)13(20)15(16)22/h3-5,7H,1-2H3. The normalized spacial score (nSPS) is 10.6. The Balaban J connectivity index is 2.39. The number of nitriles is 1. The third-order valence-corrected chi connectivity index (χ3v) is 3.06. The molecule has 0 aliphatic heterocycles. The number of nitrogens with zero attached hydrogens (tertiary/aromatic N) is 1. The molecular formula is C17H10F5NO3. The molecule has 26 heavy (non-hydrogen) atoms. The molecule has 136 valence electrons. The van der Waals surface area contributed by atoms with E-state index in [4.69, 9.17) is 10.00 Å². The van der Waals surface area contributed by atoms with Gasteiger partial charge in [0.05, 0.1) is 17.2 Å². The summed E-state index contributed by atoms with van der Waals surface area (Å²) in [5, 5.41) is 9.08. The van der Waals surface area contributed by atoms with Gasteiger partial charge in [-0.2, -0.15) is 14.0 Å². The Bertz CT molecular complexity index is 893. The lowest BCUT2D eigenvalue weighted by Gasteiger charge is -2.12. The Morgan fingerprint density at radius 2 is 1.54 bits per heavy atom. The van der Waals surface area contributed by atoms with Crippen LogP contribution in [0, 0.1) is 40.4 Å². The highest BCUT2D eigenvalue weighted by atomic mass is 19.2. The molecule has 0 saturated heterocycles. The first-order chi connectivity index (χ1) is 12.2. The highest BCUT2D eigenvalue weighted by Crippen LogP contribution is 2.30. The monoisotopic (exact) mass is 371 g/mol. The highest BCUT2D eigenvalue weighted by Gasteiger charge is 2.29. The summed E-state index contributed by atoms with van der Waals surface area (Å²) in [4.78, 5) is 12.0. The van der Waals surface area contributed by atoms with E-state index in [0.29, 0.717) is 0 Å². The van der Waals surface area contributed by atoms with Crippen molar-refractivity contribution in [1.29, 1.82) is 5.26 Å². The first-order valence-corrected chi connectivity index (χ1v) is 7.11. The second kappa shape index (κ2) is 7.39. The van der Waals surface area contributed by atoms with Crippen molar-refractivity contribution in [2.24, 2.45) is 0 Å². The summed E-state index contributed by atoms with van der Waals surface area (Å²) in [5.41, 5.74) is -0.424. The van der Waals surface area contributed by atoms with Crippen molar-refractivity contribution in [2.75, 3.05) is 0 Å². The minimum atomic E-state index is -2.37. The first kappa shape index (κ1) is 19.2. The van der Waals surface area contributed by atoms with E-state index < -0.39 is 40.8 Å². The van der Waals surface area contributed by atoms with Crippen LogP contribution in [0.3, 0.4) is 0 Å². The third kappa shape index (κ3) is 3.59. The minimum Gasteiger partial charge on any atom is -0.490 e. The van der Waals surface area contributed by atoms with Gasteiger partial charge in [0.25, 0.3) is 0 Å². The Morgan fingerprint density at radius 3 is 2.04 bits per heavy atom. The summed E-state index contributed by atoms with van der Waals surface area (Å²) in [6.07, 6.45) is -0.270. The van der Waals surface area contributed by atoms with Gasteiger partial charge in [-0.3, -0.25) is 0 Å². The molecule has 0 fully saturated rings. The third-order valence-electron chi connectivity index (χ3n) is 3.06. The van der Waals surface area contributed by atoms with Crippen LogP contribution in [0.15, 0.2) is 18.2 Å². The van der Waals surface area contributed by atoms with Crippen LogP contribution >= 0.6 is 0 Å². The molecule has 0 unspecified atom stereocenters. The fourth-order valence-electron chi connectivity index (χ4n) is 1.93. The molecule has 9 heteroatoms. The lowest BCUT2D eigenvalue weighted by Crippen LogP contribution is -2.14. The summed E-state index contributed by atoms with van der Waals surface area (Å²) in [5.74, 6) is -14.4. The van der Waals surface area contributed by atoms with Crippen LogP contribution in [0.5, 0.6) is 11.5 Å². The van der Waals surface area contributed by atoms with Gasteiger partial charge in [0, 0.05) is 0 Å². The largest absolute Gasteiger partial charge is 0.490 e. The average molecular weight is 371 g/mol. The summed E-state index contributed by atoms with van der Waals surface area (Å²) in [6.45, 7) is 3.40. The van der Waals surface area contributed by atoms with Crippen LogP contribution in [0.1, 0.15) is 29.8 Å². The van der Waals surface area contributed by atoms with Crippen LogP contribution < -0.4 is 9.47 Å². The lowest BCUT2D eigenvalue weighted by atomic mass is 10.1. The van der Waals surface area contributed by atoms with Gasteiger partial charge >= 0.3 is 5.97 Å². The summed E-state index contributed by atoms with van der Waals surface area (Å²) in [6, 6.07) is 5.13. The molecular weight excluding hydrogens is 361 g/mol. The lowest BCUT2D eigenvalue weighted by molar-refractivity contribution is 0.0716. The molecule has 0 aliphatic carbocycles. The van der Waals surface area contributed by atoms with Gasteiger partial charge in [-0.05, 0) is 32.0 Å². The van der Waals surface area contributed by atoms with E-state index in [9.17, 15) is 26.7 Å². The van der Waals surface area contributed by atoms with E-state index in [2.05, 4.69) is 4.74 Å².